The highest BCUT2D eigenvalue weighted by atomic mass is 16.3. The molecule has 1 aromatic carbocycles. The number of nitrogens with zero attached hydrogens (tertiary/aromatic N) is 2. The number of aromatic nitrogens is 2. The highest BCUT2D eigenvalue weighted by Crippen LogP contribution is 2.17. The van der Waals surface area contributed by atoms with Crippen LogP contribution in [0.2, 0.25) is 0 Å². The highest BCUT2D eigenvalue weighted by molar-refractivity contribution is 5.96. The first-order valence-electron chi connectivity index (χ1n) is 8.77. The van der Waals surface area contributed by atoms with Crippen LogP contribution in [-0.4, -0.2) is 47.0 Å². The van der Waals surface area contributed by atoms with Gasteiger partial charge in [-0.05, 0) is 25.0 Å². The third-order valence-electron chi connectivity index (χ3n) is 4.25. The Morgan fingerprint density at radius 3 is 2.78 bits per heavy atom. The van der Waals surface area contributed by atoms with Crippen molar-refractivity contribution >= 4 is 11.8 Å². The van der Waals surface area contributed by atoms with Gasteiger partial charge in [0.2, 0.25) is 5.91 Å². The van der Waals surface area contributed by atoms with Gasteiger partial charge in [0.25, 0.3) is 5.91 Å². The van der Waals surface area contributed by atoms with Gasteiger partial charge in [0.05, 0.1) is 24.1 Å². The lowest BCUT2D eigenvalue weighted by Gasteiger charge is -2.17. The number of hydrogen-bond acceptors (Lipinski definition) is 4. The molecular weight excluding hydrogens is 344 g/mol. The molecule has 0 saturated heterocycles. The molecule has 0 saturated carbocycles. The fourth-order valence-electron chi connectivity index (χ4n) is 2.66. The van der Waals surface area contributed by atoms with Gasteiger partial charge in [0.1, 0.15) is 6.26 Å². The molecule has 0 aliphatic heterocycles. The Morgan fingerprint density at radius 1 is 1.22 bits per heavy atom. The fourth-order valence-corrected chi connectivity index (χ4v) is 2.66. The molecular formula is C20H22N4O3. The number of aromatic amines is 1. The topological polar surface area (TPSA) is 91.2 Å². The SMILES string of the molecule is CN(CCCc1cc(-c2ccccc2)n[nH]1)C(=O)CNC(=O)c1ccoc1. The second kappa shape index (κ2) is 8.84. The smallest absolute Gasteiger partial charge is 0.254 e. The lowest BCUT2D eigenvalue weighted by Crippen LogP contribution is -2.38. The average molecular weight is 366 g/mol. The van der Waals surface area contributed by atoms with E-state index in [-0.39, 0.29) is 18.4 Å². The van der Waals surface area contributed by atoms with Crippen LogP contribution in [-0.2, 0) is 11.2 Å². The highest BCUT2D eigenvalue weighted by Gasteiger charge is 2.12. The minimum Gasteiger partial charge on any atom is -0.472 e. The Balaban J connectivity index is 1.40. The molecule has 3 rings (SSSR count). The molecule has 0 aliphatic carbocycles. The first-order chi connectivity index (χ1) is 13.1. The standard InChI is InChI=1S/C20H22N4O3/c1-24(19(25)13-21-20(26)16-9-11-27-14-16)10-5-8-17-12-18(23-22-17)15-6-3-2-4-7-15/h2-4,6-7,9,11-12,14H,5,8,10,13H2,1H3,(H,21,26)(H,22,23). The molecule has 2 heterocycles. The molecule has 2 amide bonds. The van der Waals surface area contributed by atoms with Gasteiger partial charge in [-0.1, -0.05) is 30.3 Å². The number of amides is 2. The normalized spacial score (nSPS) is 10.6. The predicted molar refractivity (Wildman–Crippen MR) is 101 cm³/mol. The van der Waals surface area contributed by atoms with Gasteiger partial charge in [-0.3, -0.25) is 14.7 Å². The third kappa shape index (κ3) is 5.07. The Labute approximate surface area is 157 Å². The van der Waals surface area contributed by atoms with E-state index >= 15 is 0 Å². The van der Waals surface area contributed by atoms with E-state index in [2.05, 4.69) is 15.5 Å². The van der Waals surface area contributed by atoms with Crippen molar-refractivity contribution in [1.82, 2.24) is 20.4 Å². The van der Waals surface area contributed by atoms with Crippen molar-refractivity contribution in [1.29, 1.82) is 0 Å². The first-order valence-corrected chi connectivity index (χ1v) is 8.77. The number of rotatable bonds is 8. The van der Waals surface area contributed by atoms with Crippen LogP contribution in [0.25, 0.3) is 11.3 Å². The fraction of sp³-hybridized carbons (Fsp3) is 0.250. The molecule has 0 aliphatic rings. The first kappa shape index (κ1) is 18.4. The zero-order valence-electron chi connectivity index (χ0n) is 15.1. The Morgan fingerprint density at radius 2 is 2.04 bits per heavy atom. The molecule has 140 valence electrons. The summed E-state index contributed by atoms with van der Waals surface area (Å²) in [6.07, 6.45) is 4.35. The van der Waals surface area contributed by atoms with Crippen molar-refractivity contribution in [2.45, 2.75) is 12.8 Å². The van der Waals surface area contributed by atoms with Crippen LogP contribution >= 0.6 is 0 Å². The predicted octanol–water partition coefficient (Wildman–Crippen LogP) is 2.49. The summed E-state index contributed by atoms with van der Waals surface area (Å²) >= 11 is 0. The molecule has 0 unspecified atom stereocenters. The third-order valence-corrected chi connectivity index (χ3v) is 4.25. The quantitative estimate of drug-likeness (QED) is 0.641. The minimum absolute atomic E-state index is 0.0390. The molecule has 0 bridgehead atoms. The maximum Gasteiger partial charge on any atom is 0.254 e. The minimum atomic E-state index is -0.323. The molecule has 2 aromatic heterocycles. The second-order valence-electron chi connectivity index (χ2n) is 6.26. The Kier molecular flexibility index (Phi) is 6.04. The zero-order valence-corrected chi connectivity index (χ0v) is 15.1. The summed E-state index contributed by atoms with van der Waals surface area (Å²) in [6, 6.07) is 13.6. The van der Waals surface area contributed by atoms with Crippen molar-refractivity contribution in [2.24, 2.45) is 0 Å². The van der Waals surface area contributed by atoms with Gasteiger partial charge in [-0.15, -0.1) is 0 Å². The maximum atomic E-state index is 12.1. The summed E-state index contributed by atoms with van der Waals surface area (Å²) in [5.41, 5.74) is 3.42. The summed E-state index contributed by atoms with van der Waals surface area (Å²) in [4.78, 5) is 25.5. The summed E-state index contributed by atoms with van der Waals surface area (Å²) in [6.45, 7) is 0.558. The van der Waals surface area contributed by atoms with Crippen LogP contribution < -0.4 is 5.32 Å². The number of carbonyl (C=O) groups is 2. The molecule has 0 spiro atoms. The molecule has 3 aromatic rings. The van der Waals surface area contributed by atoms with E-state index in [4.69, 9.17) is 4.42 Å². The number of hydrogen-bond donors (Lipinski definition) is 2. The van der Waals surface area contributed by atoms with Gasteiger partial charge in [-0.25, -0.2) is 0 Å². The maximum absolute atomic E-state index is 12.1. The second-order valence-corrected chi connectivity index (χ2v) is 6.26. The number of nitrogens with one attached hydrogen (secondary N) is 2. The van der Waals surface area contributed by atoms with Crippen LogP contribution in [0.15, 0.2) is 59.4 Å². The van der Waals surface area contributed by atoms with E-state index in [9.17, 15) is 9.59 Å². The summed E-state index contributed by atoms with van der Waals surface area (Å²) < 4.78 is 4.85. The van der Waals surface area contributed by atoms with E-state index in [1.807, 2.05) is 36.4 Å². The van der Waals surface area contributed by atoms with Crippen LogP contribution in [0.5, 0.6) is 0 Å². The molecule has 27 heavy (non-hydrogen) atoms. The molecule has 0 radical (unpaired) electrons. The van der Waals surface area contributed by atoms with E-state index in [1.54, 1.807) is 18.0 Å². The molecule has 0 fully saturated rings. The van der Waals surface area contributed by atoms with Crippen LogP contribution in [0, 0.1) is 0 Å². The number of carbonyl (C=O) groups excluding carboxylic acids is 2. The number of likely N-dealkylation sites (N-methyl/N-ethyl adjacent to an activating group) is 1. The van der Waals surface area contributed by atoms with Crippen molar-refractivity contribution in [3.8, 4) is 11.3 Å². The van der Waals surface area contributed by atoms with E-state index in [0.717, 1.165) is 29.8 Å². The van der Waals surface area contributed by atoms with Crippen LogP contribution in [0.1, 0.15) is 22.5 Å². The number of aryl methyl sites for hydroxylation is 1. The van der Waals surface area contributed by atoms with E-state index < -0.39 is 0 Å². The van der Waals surface area contributed by atoms with E-state index in [1.165, 1.54) is 12.5 Å². The lowest BCUT2D eigenvalue weighted by atomic mass is 10.1. The molecule has 2 N–H and O–H groups in total. The Hall–Kier alpha value is -3.35. The molecule has 0 atom stereocenters. The summed E-state index contributed by atoms with van der Waals surface area (Å²) in [7, 11) is 1.73. The van der Waals surface area contributed by atoms with Crippen LogP contribution in [0.4, 0.5) is 0 Å². The van der Waals surface area contributed by atoms with Gasteiger partial charge in [0.15, 0.2) is 0 Å². The number of furan rings is 1. The summed E-state index contributed by atoms with van der Waals surface area (Å²) in [5.74, 6) is -0.460. The van der Waals surface area contributed by atoms with Gasteiger partial charge in [0, 0.05) is 24.8 Å². The van der Waals surface area contributed by atoms with Crippen molar-refractivity contribution in [2.75, 3.05) is 20.1 Å². The largest absolute Gasteiger partial charge is 0.472 e. The Bertz CT molecular complexity index is 872. The van der Waals surface area contributed by atoms with Crippen molar-refractivity contribution < 1.29 is 14.0 Å². The average Bonchev–Trinajstić information content (AvgIpc) is 3.38. The summed E-state index contributed by atoms with van der Waals surface area (Å²) in [5, 5.41) is 9.96. The van der Waals surface area contributed by atoms with Gasteiger partial charge < -0.3 is 14.6 Å². The van der Waals surface area contributed by atoms with Gasteiger partial charge in [-0.2, -0.15) is 5.10 Å². The van der Waals surface area contributed by atoms with Gasteiger partial charge >= 0.3 is 0 Å². The number of benzene rings is 1. The molecule has 7 nitrogen and oxygen atoms in total. The zero-order chi connectivity index (χ0) is 19.1. The van der Waals surface area contributed by atoms with Crippen LogP contribution in [0.3, 0.4) is 0 Å². The van der Waals surface area contributed by atoms with Crippen molar-refractivity contribution in [3.05, 3.63) is 66.2 Å². The van der Waals surface area contributed by atoms with E-state index in [0.29, 0.717) is 12.1 Å². The number of H-pyrrole nitrogens is 1. The molecule has 7 heteroatoms. The van der Waals surface area contributed by atoms with Crippen molar-refractivity contribution in [3.63, 3.8) is 0 Å². The monoisotopic (exact) mass is 366 g/mol. The lowest BCUT2D eigenvalue weighted by molar-refractivity contribution is -0.128.